The smallest absolute Gasteiger partial charge is 0.224 e. The molecule has 29 heteroatoms. The van der Waals surface area contributed by atoms with Crippen LogP contribution in [-0.2, 0) is 115 Å². The molecule has 0 unspecified atom stereocenters. The Bertz CT molecular complexity index is 6410. The van der Waals surface area contributed by atoms with Crippen LogP contribution in [0.1, 0.15) is 85.6 Å². The van der Waals surface area contributed by atoms with Gasteiger partial charge in [-0.1, -0.05) is 214 Å². The van der Waals surface area contributed by atoms with E-state index in [1.807, 2.05) is 109 Å². The molecule has 0 aliphatic heterocycles. The SMILES string of the molecule is CS(=O)(=O)c1ccc([S+](c2ccccc2)c2ccccc2)cc1.FC(F)(F)c1cc([S+](c2ccccc2)c2ccccc2)cc(C(F)(F)F)c1.FC(F)(F)c1ccccc1[S+](c1ccccc1C(F)(F)F)c1ccccc1C(F)(F)F.O=S(=O)(c1ccc([S+](c2ccccc2)c2ccccc2)cc1)C1CCCC1.O=S(=O)(c1ccc([S+](c2ccccc2)c2ccccc2)cc1)C1CCCCC1. The minimum absolute atomic E-state index is 0.0328. The molecule has 0 amide bonds. The van der Waals surface area contributed by atoms with Crippen LogP contribution in [-0.4, -0.2) is 42.0 Å². The lowest BCUT2D eigenvalue weighted by Gasteiger charge is -2.21. The lowest BCUT2D eigenvalue weighted by molar-refractivity contribution is -0.144. The summed E-state index contributed by atoms with van der Waals surface area (Å²) in [6, 6.07) is 115. The van der Waals surface area contributed by atoms with Crippen LogP contribution < -0.4 is 0 Å². The van der Waals surface area contributed by atoms with Gasteiger partial charge in [0.05, 0.1) is 79.9 Å². The second kappa shape index (κ2) is 45.4. The van der Waals surface area contributed by atoms with Gasteiger partial charge in [0.25, 0.3) is 0 Å². The monoisotopic (exact) mass is 2010 g/mol. The largest absolute Gasteiger partial charge is 0.421 e. The maximum atomic E-state index is 13.7. The van der Waals surface area contributed by atoms with Crippen molar-refractivity contribution in [3.63, 3.8) is 0 Å². The molecule has 136 heavy (non-hydrogen) atoms. The summed E-state index contributed by atoms with van der Waals surface area (Å²) in [4.78, 5) is 11.2. The molecule has 0 saturated heterocycles. The first-order chi connectivity index (χ1) is 64.8. The summed E-state index contributed by atoms with van der Waals surface area (Å²) in [7, 11) is -13.8. The number of sulfone groups is 3. The van der Waals surface area contributed by atoms with Crippen LogP contribution >= 0.6 is 0 Å². The van der Waals surface area contributed by atoms with E-state index in [1.165, 1.54) is 35.6 Å². The van der Waals surface area contributed by atoms with Gasteiger partial charge in [-0.15, -0.1) is 0 Å². The van der Waals surface area contributed by atoms with Gasteiger partial charge in [-0.3, -0.25) is 0 Å². The van der Waals surface area contributed by atoms with Crippen molar-refractivity contribution in [3.05, 3.63) is 434 Å². The number of hydrogen-bond acceptors (Lipinski definition) is 6. The van der Waals surface area contributed by atoms with E-state index in [-0.39, 0.29) is 54.1 Å². The molecule has 702 valence electrons. The number of rotatable bonds is 20. The minimum Gasteiger partial charge on any atom is -0.224 e. The van der Waals surface area contributed by atoms with Crippen molar-refractivity contribution in [3.8, 4) is 0 Å². The first-order valence-corrected chi connectivity index (χ1v) is 53.8. The van der Waals surface area contributed by atoms with E-state index in [9.17, 15) is 91.1 Å². The van der Waals surface area contributed by atoms with Crippen LogP contribution in [0.5, 0.6) is 0 Å². The summed E-state index contributed by atoms with van der Waals surface area (Å²) >= 11 is 0. The fourth-order valence-corrected chi connectivity index (χ4v) is 30.8. The third-order valence-corrected chi connectivity index (χ3v) is 38.8. The molecule has 0 atom stereocenters. The van der Waals surface area contributed by atoms with Gasteiger partial charge in [0.1, 0.15) is 27.6 Å². The number of hydrogen-bond donors (Lipinski definition) is 0. The topological polar surface area (TPSA) is 102 Å². The minimum atomic E-state index is -4.98. The second-order valence-electron chi connectivity index (χ2n) is 31.2. The van der Waals surface area contributed by atoms with E-state index in [0.717, 1.165) is 139 Å². The molecule has 15 aromatic rings. The number of halogens is 15. The quantitative estimate of drug-likeness (QED) is 0.0556. The Balaban J connectivity index is 0.000000144. The van der Waals surface area contributed by atoms with Crippen molar-refractivity contribution in [1.82, 2.24) is 0 Å². The summed E-state index contributed by atoms with van der Waals surface area (Å²) in [6.07, 6.45) is -15.1. The number of benzene rings is 15. The highest BCUT2D eigenvalue weighted by atomic mass is 32.2. The molecule has 0 N–H and O–H groups in total. The lowest BCUT2D eigenvalue weighted by Crippen LogP contribution is -2.24. The predicted octanol–water partition coefficient (Wildman–Crippen LogP) is 30.2. The summed E-state index contributed by atoms with van der Waals surface area (Å²) in [5, 5.41) is -0.418. The Morgan fingerprint density at radius 2 is 0.397 bits per heavy atom. The molecule has 2 fully saturated rings. The van der Waals surface area contributed by atoms with Gasteiger partial charge in [-0.25, -0.2) is 25.3 Å². The maximum absolute atomic E-state index is 13.7. The molecule has 0 radical (unpaired) electrons. The third-order valence-electron chi connectivity index (χ3n) is 21.9. The highest BCUT2D eigenvalue weighted by Crippen LogP contribution is 2.49. The first-order valence-electron chi connectivity index (χ1n) is 42.7. The van der Waals surface area contributed by atoms with Gasteiger partial charge in [-0.2, -0.15) is 65.9 Å². The van der Waals surface area contributed by atoms with E-state index in [1.54, 1.807) is 84.9 Å². The number of alkyl halides is 15. The average molecular weight is 2010 g/mol. The average Bonchev–Trinajstić information content (AvgIpc) is 0.814. The second-order valence-corrected chi connectivity index (χ2v) is 47.7. The van der Waals surface area contributed by atoms with Crippen LogP contribution in [0.3, 0.4) is 0 Å². The van der Waals surface area contributed by atoms with Gasteiger partial charge < -0.3 is 0 Å². The van der Waals surface area contributed by atoms with Crippen molar-refractivity contribution in [1.29, 1.82) is 0 Å². The predicted molar refractivity (Wildman–Crippen MR) is 509 cm³/mol. The molecule has 17 rings (SSSR count). The van der Waals surface area contributed by atoms with Crippen LogP contribution in [0.15, 0.2) is 495 Å². The summed E-state index contributed by atoms with van der Waals surface area (Å²) in [5.41, 5.74) is -6.51. The van der Waals surface area contributed by atoms with Crippen LogP contribution in [0.25, 0.3) is 0 Å². The highest BCUT2D eigenvalue weighted by Gasteiger charge is 2.51. The standard InChI is InChI=1S/C24H25O2S2.C23H23O2S2.C21H12F9S.C20H13F6S.C19H17O2S2/c25-28(26,23-14-8-3-9-15-23)24-18-16-22(17-19-24)27(20-10-4-1-5-11-20)21-12-6-2-7-13-21;24-27(25,22-13-7-8-14-22)23-17-15-21(16-18-23)26(19-9-3-1-4-10-19)20-11-5-2-6-12-20;22-19(23,24)13-7-1-4-10-16(13)31(17-11-5-2-8-14(17)20(25,26)27)18-12-6-3-9-15(18)21(28,29)30;21-19(22,23)14-11-15(20(24,25)26)13-18(12-14)27(16-7-3-1-4-8-16)17-9-5-2-6-10-17;1-23(20,21)19-14-12-18(13-15-19)22(16-8-4-2-5-9-16)17-10-6-3-7-11-17/h1-2,4-7,10-13,16-19,23H,3,8-9,14-15H2;1-6,9-12,15-18,22H,7-8,13-14H2;1-12H;1-13H;2-15H,1H3/q5*+1. The zero-order valence-electron chi connectivity index (χ0n) is 72.6. The molecular weight excluding hydrogens is 1920 g/mol. The fraction of sp³-hybridized carbons (Fsp3) is 0.159. The van der Waals surface area contributed by atoms with Crippen LogP contribution in [0.2, 0.25) is 0 Å². The van der Waals surface area contributed by atoms with Gasteiger partial charge in [-0.05, 0) is 238 Å². The Labute approximate surface area is 796 Å². The fourth-order valence-electron chi connectivity index (χ4n) is 15.4. The van der Waals surface area contributed by atoms with Crippen molar-refractivity contribution in [2.75, 3.05) is 6.26 Å². The van der Waals surface area contributed by atoms with Crippen LogP contribution in [0.4, 0.5) is 65.9 Å². The van der Waals surface area contributed by atoms with E-state index >= 15 is 0 Å². The summed E-state index contributed by atoms with van der Waals surface area (Å²) in [5.74, 6) is 0. The zero-order chi connectivity index (χ0) is 97.1. The molecule has 6 nitrogen and oxygen atoms in total. The molecule has 0 aromatic heterocycles. The summed E-state index contributed by atoms with van der Waals surface area (Å²) in [6.45, 7) is 0. The van der Waals surface area contributed by atoms with E-state index in [4.69, 9.17) is 0 Å². The molecule has 15 aromatic carbocycles. The molecule has 0 bridgehead atoms. The van der Waals surface area contributed by atoms with Crippen molar-refractivity contribution in [2.45, 2.75) is 187 Å². The first kappa shape index (κ1) is 102. The molecular formula is C107H90F15O6S8+5. The highest BCUT2D eigenvalue weighted by molar-refractivity contribution is 7.98. The van der Waals surface area contributed by atoms with Gasteiger partial charge in [0.2, 0.25) is 0 Å². The molecule has 2 saturated carbocycles. The van der Waals surface area contributed by atoms with Gasteiger partial charge in [0.15, 0.2) is 103 Å². The maximum Gasteiger partial charge on any atom is 0.421 e. The lowest BCUT2D eigenvalue weighted by atomic mass is 10.0. The summed E-state index contributed by atoms with van der Waals surface area (Å²) < 4.78 is 278. The van der Waals surface area contributed by atoms with Crippen LogP contribution in [0, 0.1) is 0 Å². The normalized spacial score (nSPS) is 13.6. The van der Waals surface area contributed by atoms with E-state index < -0.39 is 125 Å². The van der Waals surface area contributed by atoms with Crippen molar-refractivity contribution < 1.29 is 91.1 Å². The van der Waals surface area contributed by atoms with Gasteiger partial charge >= 0.3 is 30.9 Å². The Morgan fingerprint density at radius 1 is 0.206 bits per heavy atom. The van der Waals surface area contributed by atoms with Gasteiger partial charge in [0, 0.05) is 18.4 Å². The van der Waals surface area contributed by atoms with E-state index in [2.05, 4.69) is 121 Å². The third kappa shape index (κ3) is 26.4. The molecule has 0 heterocycles. The zero-order valence-corrected chi connectivity index (χ0v) is 79.1. The molecule has 0 spiro atoms. The Kier molecular flexibility index (Phi) is 34.2. The van der Waals surface area contributed by atoms with Crippen molar-refractivity contribution in [2.24, 2.45) is 0 Å². The Hall–Kier alpha value is -11.2. The Morgan fingerprint density at radius 3 is 0.610 bits per heavy atom. The van der Waals surface area contributed by atoms with E-state index in [0.29, 0.717) is 42.7 Å². The van der Waals surface area contributed by atoms with Crippen molar-refractivity contribution >= 4 is 84.0 Å². The molecule has 2 aliphatic rings. The molecule has 2 aliphatic carbocycles.